The summed E-state index contributed by atoms with van der Waals surface area (Å²) in [6.45, 7) is 3.47. The van der Waals surface area contributed by atoms with Crippen LogP contribution in [-0.4, -0.2) is 29.5 Å². The fourth-order valence-electron chi connectivity index (χ4n) is 2.75. The molecule has 0 N–H and O–H groups in total. The summed E-state index contributed by atoms with van der Waals surface area (Å²) in [7, 11) is -3.57. The van der Waals surface area contributed by atoms with Crippen molar-refractivity contribution in [2.75, 3.05) is 5.75 Å². The number of aromatic nitrogens is 2. The fraction of sp³-hybridized carbons (Fsp3) is 0.250. The standard InChI is InChI=1S/C20H20N2O5S/c1-14-6-8-17(9-7-14)28(25,26)11-10-20(24)27-13-16-12-19(23)22-15(2)4-3-5-18(22)21-16/h3-9,12H,10-11,13H2,1-2H3. The molecule has 0 fully saturated rings. The van der Waals surface area contributed by atoms with Crippen LogP contribution >= 0.6 is 0 Å². The topological polar surface area (TPSA) is 94.8 Å². The van der Waals surface area contributed by atoms with Crippen LogP contribution in [-0.2, 0) is 26.0 Å². The van der Waals surface area contributed by atoms with E-state index >= 15 is 0 Å². The molecular formula is C20H20N2O5S. The zero-order valence-electron chi connectivity index (χ0n) is 15.6. The van der Waals surface area contributed by atoms with Gasteiger partial charge in [-0.3, -0.25) is 14.0 Å². The Hall–Kier alpha value is -3.00. The van der Waals surface area contributed by atoms with E-state index in [1.165, 1.54) is 22.6 Å². The molecule has 0 unspecified atom stereocenters. The number of nitrogens with zero attached hydrogens (tertiary/aromatic N) is 2. The molecule has 8 heteroatoms. The molecule has 2 aromatic heterocycles. The van der Waals surface area contributed by atoms with Crippen molar-refractivity contribution in [1.82, 2.24) is 9.38 Å². The highest BCUT2D eigenvalue weighted by atomic mass is 32.2. The number of rotatable bonds is 6. The molecule has 28 heavy (non-hydrogen) atoms. The zero-order chi connectivity index (χ0) is 20.3. The Morgan fingerprint density at radius 3 is 2.54 bits per heavy atom. The molecule has 0 spiro atoms. The molecule has 3 rings (SSSR count). The van der Waals surface area contributed by atoms with E-state index in [0.717, 1.165) is 11.3 Å². The number of hydrogen-bond donors (Lipinski definition) is 0. The second kappa shape index (κ2) is 7.93. The number of carbonyl (C=O) groups is 1. The van der Waals surface area contributed by atoms with Crippen molar-refractivity contribution >= 4 is 21.5 Å². The van der Waals surface area contributed by atoms with E-state index in [1.54, 1.807) is 37.3 Å². The molecule has 2 heterocycles. The van der Waals surface area contributed by atoms with E-state index in [9.17, 15) is 18.0 Å². The minimum atomic E-state index is -3.57. The summed E-state index contributed by atoms with van der Waals surface area (Å²) in [5.74, 6) is -1.01. The van der Waals surface area contributed by atoms with Crippen LogP contribution in [0.1, 0.15) is 23.4 Å². The monoisotopic (exact) mass is 400 g/mol. The Morgan fingerprint density at radius 1 is 1.11 bits per heavy atom. The Kier molecular flexibility index (Phi) is 5.60. The summed E-state index contributed by atoms with van der Waals surface area (Å²) in [5, 5.41) is 0. The molecule has 0 aliphatic carbocycles. The van der Waals surface area contributed by atoms with Crippen molar-refractivity contribution in [3.05, 3.63) is 75.8 Å². The highest BCUT2D eigenvalue weighted by molar-refractivity contribution is 7.91. The lowest BCUT2D eigenvalue weighted by molar-refractivity contribution is -0.144. The number of esters is 1. The third kappa shape index (κ3) is 4.45. The number of aryl methyl sites for hydroxylation is 2. The van der Waals surface area contributed by atoms with Crippen molar-refractivity contribution in [2.45, 2.75) is 31.8 Å². The SMILES string of the molecule is Cc1ccc(S(=O)(=O)CCC(=O)OCc2cc(=O)n3c(C)cccc3n2)cc1. The molecule has 0 saturated carbocycles. The van der Waals surface area contributed by atoms with Crippen LogP contribution < -0.4 is 5.56 Å². The maximum atomic E-state index is 12.3. The van der Waals surface area contributed by atoms with E-state index in [-0.39, 0.29) is 29.2 Å². The molecule has 0 amide bonds. The number of hydrogen-bond acceptors (Lipinski definition) is 6. The first-order chi connectivity index (χ1) is 13.3. The van der Waals surface area contributed by atoms with Gasteiger partial charge in [-0.1, -0.05) is 23.8 Å². The largest absolute Gasteiger partial charge is 0.459 e. The van der Waals surface area contributed by atoms with Gasteiger partial charge >= 0.3 is 5.97 Å². The van der Waals surface area contributed by atoms with E-state index in [2.05, 4.69) is 4.98 Å². The molecule has 0 atom stereocenters. The smallest absolute Gasteiger partial charge is 0.307 e. The minimum Gasteiger partial charge on any atom is -0.459 e. The number of pyridine rings is 1. The molecule has 146 valence electrons. The summed E-state index contributed by atoms with van der Waals surface area (Å²) in [6, 6.07) is 13.0. The molecule has 3 aromatic rings. The van der Waals surface area contributed by atoms with Crippen LogP contribution in [0.15, 0.2) is 58.2 Å². The zero-order valence-corrected chi connectivity index (χ0v) is 16.4. The number of carbonyl (C=O) groups excluding carboxylic acids is 1. The van der Waals surface area contributed by atoms with Crippen molar-refractivity contribution in [1.29, 1.82) is 0 Å². The van der Waals surface area contributed by atoms with Gasteiger partial charge in [0.05, 0.1) is 22.8 Å². The fourth-order valence-corrected chi connectivity index (χ4v) is 3.97. The van der Waals surface area contributed by atoms with E-state index in [1.807, 2.05) is 6.92 Å². The van der Waals surface area contributed by atoms with E-state index < -0.39 is 15.8 Å². The van der Waals surface area contributed by atoms with Crippen LogP contribution in [0.3, 0.4) is 0 Å². The van der Waals surface area contributed by atoms with Gasteiger partial charge < -0.3 is 4.74 Å². The summed E-state index contributed by atoms with van der Waals surface area (Å²) in [4.78, 5) is 28.6. The average Bonchev–Trinajstić information content (AvgIpc) is 2.65. The van der Waals surface area contributed by atoms with Gasteiger partial charge in [-0.2, -0.15) is 0 Å². The van der Waals surface area contributed by atoms with Gasteiger partial charge in [0, 0.05) is 11.8 Å². The predicted octanol–water partition coefficient (Wildman–Crippen LogP) is 2.22. The van der Waals surface area contributed by atoms with Crippen molar-refractivity contribution in [3.8, 4) is 0 Å². The molecule has 0 bridgehead atoms. The second-order valence-corrected chi connectivity index (χ2v) is 8.60. The quantitative estimate of drug-likeness (QED) is 0.589. The number of sulfone groups is 1. The highest BCUT2D eigenvalue weighted by Crippen LogP contribution is 2.13. The van der Waals surface area contributed by atoms with Gasteiger partial charge in [0.25, 0.3) is 5.56 Å². The van der Waals surface area contributed by atoms with Gasteiger partial charge in [-0.05, 0) is 38.1 Å². The Bertz CT molecular complexity index is 1180. The summed E-state index contributed by atoms with van der Waals surface area (Å²) in [5.41, 5.74) is 2.20. The van der Waals surface area contributed by atoms with Gasteiger partial charge in [-0.15, -0.1) is 0 Å². The third-order valence-corrected chi connectivity index (χ3v) is 6.00. The number of ether oxygens (including phenoxy) is 1. The maximum absolute atomic E-state index is 12.3. The van der Waals surface area contributed by atoms with Crippen LogP contribution in [0, 0.1) is 13.8 Å². The number of fused-ring (bicyclic) bond motifs is 1. The van der Waals surface area contributed by atoms with Crippen LogP contribution in [0.4, 0.5) is 0 Å². The van der Waals surface area contributed by atoms with Gasteiger partial charge in [0.2, 0.25) is 0 Å². The molecular weight excluding hydrogens is 380 g/mol. The van der Waals surface area contributed by atoms with E-state index in [0.29, 0.717) is 11.3 Å². The summed E-state index contributed by atoms with van der Waals surface area (Å²) >= 11 is 0. The lowest BCUT2D eigenvalue weighted by atomic mass is 10.2. The van der Waals surface area contributed by atoms with Crippen LogP contribution in [0.2, 0.25) is 0 Å². The van der Waals surface area contributed by atoms with Crippen molar-refractivity contribution in [2.24, 2.45) is 0 Å². The van der Waals surface area contributed by atoms with Gasteiger partial charge in [0.15, 0.2) is 9.84 Å². The first-order valence-electron chi connectivity index (χ1n) is 8.70. The molecule has 7 nitrogen and oxygen atoms in total. The Labute approximate surface area is 162 Å². The minimum absolute atomic E-state index is 0.172. The van der Waals surface area contributed by atoms with Crippen molar-refractivity contribution in [3.63, 3.8) is 0 Å². The normalized spacial score (nSPS) is 11.5. The Morgan fingerprint density at radius 2 is 1.82 bits per heavy atom. The summed E-state index contributed by atoms with van der Waals surface area (Å²) < 4.78 is 31.1. The summed E-state index contributed by atoms with van der Waals surface area (Å²) in [6.07, 6.45) is -0.276. The van der Waals surface area contributed by atoms with Gasteiger partial charge in [0.1, 0.15) is 12.3 Å². The molecule has 1 aromatic carbocycles. The molecule has 0 radical (unpaired) electrons. The van der Waals surface area contributed by atoms with Gasteiger partial charge in [-0.25, -0.2) is 13.4 Å². The number of benzene rings is 1. The predicted molar refractivity (Wildman–Crippen MR) is 104 cm³/mol. The molecule has 0 aliphatic rings. The average molecular weight is 400 g/mol. The first-order valence-corrected chi connectivity index (χ1v) is 10.3. The van der Waals surface area contributed by atoms with Crippen molar-refractivity contribution < 1.29 is 17.9 Å². The van der Waals surface area contributed by atoms with Crippen LogP contribution in [0.25, 0.3) is 5.65 Å². The third-order valence-electron chi connectivity index (χ3n) is 4.27. The lowest BCUT2D eigenvalue weighted by Gasteiger charge is -2.08. The second-order valence-electron chi connectivity index (χ2n) is 6.49. The highest BCUT2D eigenvalue weighted by Gasteiger charge is 2.17. The molecule has 0 saturated heterocycles. The van der Waals surface area contributed by atoms with Crippen LogP contribution in [0.5, 0.6) is 0 Å². The molecule has 0 aliphatic heterocycles. The first kappa shape index (κ1) is 19.8. The van der Waals surface area contributed by atoms with E-state index in [4.69, 9.17) is 4.74 Å². The lowest BCUT2D eigenvalue weighted by Crippen LogP contribution is -2.19. The maximum Gasteiger partial charge on any atom is 0.307 e. The Balaban J connectivity index is 1.62.